The lowest BCUT2D eigenvalue weighted by Crippen LogP contribution is -2.44. The van der Waals surface area contributed by atoms with Gasteiger partial charge < -0.3 is 10.6 Å². The van der Waals surface area contributed by atoms with Crippen molar-refractivity contribution in [2.24, 2.45) is 0 Å². The zero-order valence-electron chi connectivity index (χ0n) is 10.7. The smallest absolute Gasteiger partial charge is 0.399 e. The van der Waals surface area contributed by atoms with Crippen LogP contribution in [0.15, 0.2) is 12.1 Å². The summed E-state index contributed by atoms with van der Waals surface area (Å²) < 4.78 is 37.9. The van der Waals surface area contributed by atoms with E-state index in [0.717, 1.165) is 32.2 Å². The molecule has 4 nitrogen and oxygen atoms in total. The first-order chi connectivity index (χ1) is 8.84. The minimum Gasteiger partial charge on any atom is -0.399 e. The zero-order valence-corrected chi connectivity index (χ0v) is 10.7. The number of hydrogen-bond donors (Lipinski definition) is 1. The number of nitrogens with zero attached hydrogens (tertiary/aromatic N) is 3. The Morgan fingerprint density at radius 2 is 1.84 bits per heavy atom. The van der Waals surface area contributed by atoms with E-state index in [9.17, 15) is 13.2 Å². The predicted octanol–water partition coefficient (Wildman–Crippen LogP) is 1.43. The number of nitrogens with two attached hydrogens (primary N) is 1. The third kappa shape index (κ3) is 3.81. The molecule has 0 amide bonds. The highest BCUT2D eigenvalue weighted by Gasteiger charge is 2.33. The first-order valence-corrected chi connectivity index (χ1v) is 6.09. The van der Waals surface area contributed by atoms with Gasteiger partial charge in [-0.15, -0.1) is 0 Å². The van der Waals surface area contributed by atoms with E-state index in [4.69, 9.17) is 5.73 Å². The van der Waals surface area contributed by atoms with Crippen LogP contribution in [0.5, 0.6) is 0 Å². The Morgan fingerprint density at radius 3 is 2.42 bits per heavy atom. The third-order valence-corrected chi connectivity index (χ3v) is 3.17. The highest BCUT2D eigenvalue weighted by atomic mass is 19.4. The standard InChI is InChI=1S/C12H17F3N4/c1-18-2-4-19(5-3-18)8-10-6-9(16)7-11(17-10)12(13,14)15/h6-7H,2-5,8H2,1H3,(H2,16,17). The van der Waals surface area contributed by atoms with Gasteiger partial charge in [-0.05, 0) is 19.2 Å². The highest BCUT2D eigenvalue weighted by Crippen LogP contribution is 2.29. The molecular weight excluding hydrogens is 257 g/mol. The van der Waals surface area contributed by atoms with Gasteiger partial charge in [0.1, 0.15) is 5.69 Å². The summed E-state index contributed by atoms with van der Waals surface area (Å²) in [6.07, 6.45) is -4.45. The van der Waals surface area contributed by atoms with Crippen molar-refractivity contribution < 1.29 is 13.2 Å². The van der Waals surface area contributed by atoms with Crippen LogP contribution in [0.4, 0.5) is 18.9 Å². The monoisotopic (exact) mass is 274 g/mol. The number of anilines is 1. The maximum absolute atomic E-state index is 12.6. The number of rotatable bonds is 2. The van der Waals surface area contributed by atoms with Crippen molar-refractivity contribution in [3.63, 3.8) is 0 Å². The van der Waals surface area contributed by atoms with Crippen molar-refractivity contribution >= 4 is 5.69 Å². The van der Waals surface area contributed by atoms with Gasteiger partial charge >= 0.3 is 6.18 Å². The normalized spacial score (nSPS) is 18.7. The summed E-state index contributed by atoms with van der Waals surface area (Å²) in [5.41, 5.74) is 5.07. The second kappa shape index (κ2) is 5.34. The molecule has 1 aliphatic rings. The molecule has 1 aromatic rings. The SMILES string of the molecule is CN1CCN(Cc2cc(N)cc(C(F)(F)F)n2)CC1. The summed E-state index contributed by atoms with van der Waals surface area (Å²) in [7, 11) is 2.03. The Balaban J connectivity index is 2.10. The number of piperazine rings is 1. The molecule has 1 aromatic heterocycles. The van der Waals surface area contributed by atoms with Gasteiger partial charge in [0.2, 0.25) is 0 Å². The van der Waals surface area contributed by atoms with Crippen LogP contribution in [0.2, 0.25) is 0 Å². The number of pyridine rings is 1. The first-order valence-electron chi connectivity index (χ1n) is 6.09. The van der Waals surface area contributed by atoms with E-state index in [1.807, 2.05) is 7.05 Å². The van der Waals surface area contributed by atoms with E-state index in [1.165, 1.54) is 6.07 Å². The van der Waals surface area contributed by atoms with E-state index < -0.39 is 11.9 Å². The number of aromatic nitrogens is 1. The van der Waals surface area contributed by atoms with Crippen molar-refractivity contribution in [2.75, 3.05) is 39.0 Å². The fraction of sp³-hybridized carbons (Fsp3) is 0.583. The Labute approximate surface area is 110 Å². The molecule has 1 saturated heterocycles. The number of alkyl halides is 3. The van der Waals surface area contributed by atoms with E-state index in [0.29, 0.717) is 12.2 Å². The lowest BCUT2D eigenvalue weighted by Gasteiger charge is -2.32. The van der Waals surface area contributed by atoms with Crippen LogP contribution >= 0.6 is 0 Å². The van der Waals surface area contributed by atoms with E-state index >= 15 is 0 Å². The van der Waals surface area contributed by atoms with Gasteiger partial charge in [0.15, 0.2) is 0 Å². The topological polar surface area (TPSA) is 45.4 Å². The minimum absolute atomic E-state index is 0.103. The molecule has 1 fully saturated rings. The molecule has 0 aromatic carbocycles. The van der Waals surface area contributed by atoms with Crippen LogP contribution < -0.4 is 5.73 Å². The van der Waals surface area contributed by atoms with Gasteiger partial charge in [0.05, 0.1) is 5.69 Å². The molecule has 0 saturated carbocycles. The lowest BCUT2D eigenvalue weighted by molar-refractivity contribution is -0.141. The summed E-state index contributed by atoms with van der Waals surface area (Å²) >= 11 is 0. The molecule has 1 aliphatic heterocycles. The minimum atomic E-state index is -4.45. The Morgan fingerprint density at radius 1 is 1.21 bits per heavy atom. The van der Waals surface area contributed by atoms with Crippen molar-refractivity contribution in [2.45, 2.75) is 12.7 Å². The van der Waals surface area contributed by atoms with Crippen LogP contribution in [0.3, 0.4) is 0 Å². The Hall–Kier alpha value is -1.34. The average Bonchev–Trinajstić information content (AvgIpc) is 2.30. The van der Waals surface area contributed by atoms with Crippen LogP contribution in [-0.2, 0) is 12.7 Å². The molecule has 0 spiro atoms. The van der Waals surface area contributed by atoms with Gasteiger partial charge in [-0.3, -0.25) is 4.90 Å². The van der Waals surface area contributed by atoms with Gasteiger partial charge in [0, 0.05) is 38.4 Å². The van der Waals surface area contributed by atoms with Crippen molar-refractivity contribution in [1.82, 2.24) is 14.8 Å². The van der Waals surface area contributed by atoms with Gasteiger partial charge in [-0.2, -0.15) is 13.2 Å². The van der Waals surface area contributed by atoms with Crippen molar-refractivity contribution in [3.8, 4) is 0 Å². The van der Waals surface area contributed by atoms with E-state index in [1.54, 1.807) is 0 Å². The average molecular weight is 274 g/mol. The quantitative estimate of drug-likeness (QED) is 0.886. The number of nitrogen functional groups attached to an aromatic ring is 1. The number of likely N-dealkylation sites (N-methyl/N-ethyl adjacent to an activating group) is 1. The van der Waals surface area contributed by atoms with Crippen LogP contribution in [0.25, 0.3) is 0 Å². The Kier molecular flexibility index (Phi) is 3.96. The third-order valence-electron chi connectivity index (χ3n) is 3.17. The van der Waals surface area contributed by atoms with E-state index in [2.05, 4.69) is 14.8 Å². The molecule has 0 bridgehead atoms. The molecule has 2 N–H and O–H groups in total. The highest BCUT2D eigenvalue weighted by molar-refractivity contribution is 5.41. The lowest BCUT2D eigenvalue weighted by atomic mass is 10.2. The number of hydrogen-bond acceptors (Lipinski definition) is 4. The zero-order chi connectivity index (χ0) is 14.0. The summed E-state index contributed by atoms with van der Waals surface area (Å²) in [4.78, 5) is 7.93. The van der Waals surface area contributed by atoms with Crippen LogP contribution in [0, 0.1) is 0 Å². The molecule has 2 rings (SSSR count). The van der Waals surface area contributed by atoms with E-state index in [-0.39, 0.29) is 5.69 Å². The van der Waals surface area contributed by atoms with Crippen molar-refractivity contribution in [1.29, 1.82) is 0 Å². The molecule has 0 atom stereocenters. The molecule has 7 heteroatoms. The fourth-order valence-corrected chi connectivity index (χ4v) is 2.07. The molecule has 2 heterocycles. The van der Waals surface area contributed by atoms with Gasteiger partial charge in [0.25, 0.3) is 0 Å². The first kappa shape index (κ1) is 14.1. The maximum atomic E-state index is 12.6. The molecule has 0 radical (unpaired) electrons. The molecule has 19 heavy (non-hydrogen) atoms. The summed E-state index contributed by atoms with van der Waals surface area (Å²) in [6, 6.07) is 2.38. The van der Waals surface area contributed by atoms with Gasteiger partial charge in [-0.25, -0.2) is 4.98 Å². The fourth-order valence-electron chi connectivity index (χ4n) is 2.07. The maximum Gasteiger partial charge on any atom is 0.433 e. The predicted molar refractivity (Wildman–Crippen MR) is 66.4 cm³/mol. The molecule has 0 aliphatic carbocycles. The van der Waals surface area contributed by atoms with Gasteiger partial charge in [-0.1, -0.05) is 0 Å². The second-order valence-corrected chi connectivity index (χ2v) is 4.85. The Bertz CT molecular complexity index is 439. The summed E-state index contributed by atoms with van der Waals surface area (Å²) in [6.45, 7) is 3.88. The summed E-state index contributed by atoms with van der Waals surface area (Å²) in [5.74, 6) is 0. The molecular formula is C12H17F3N4. The van der Waals surface area contributed by atoms with Crippen molar-refractivity contribution in [3.05, 3.63) is 23.5 Å². The van der Waals surface area contributed by atoms with Crippen LogP contribution in [-0.4, -0.2) is 48.0 Å². The number of halogens is 3. The molecule has 106 valence electrons. The second-order valence-electron chi connectivity index (χ2n) is 4.85. The molecule has 0 unspecified atom stereocenters. The van der Waals surface area contributed by atoms with Crippen LogP contribution in [0.1, 0.15) is 11.4 Å². The summed E-state index contributed by atoms with van der Waals surface area (Å²) in [5, 5.41) is 0. The largest absolute Gasteiger partial charge is 0.433 e.